The van der Waals surface area contributed by atoms with Crippen molar-refractivity contribution in [1.29, 1.82) is 0 Å². The van der Waals surface area contributed by atoms with E-state index in [2.05, 4.69) is 16.0 Å². The number of halogens is 2. The number of carbonyl (C=O) groups excluding carboxylic acids is 4. The van der Waals surface area contributed by atoms with Crippen molar-refractivity contribution in [1.82, 2.24) is 5.32 Å². The second-order valence-corrected chi connectivity index (χ2v) is 12.7. The van der Waals surface area contributed by atoms with Gasteiger partial charge in [-0.15, -0.1) is 11.8 Å². The Morgan fingerprint density at radius 3 is 2.02 bits per heavy atom. The first-order chi connectivity index (χ1) is 24.2. The van der Waals surface area contributed by atoms with E-state index >= 15 is 0 Å². The van der Waals surface area contributed by atoms with Gasteiger partial charge in [-0.25, -0.2) is 4.79 Å². The maximum absolute atomic E-state index is 13.7. The zero-order valence-electron chi connectivity index (χ0n) is 26.7. The van der Waals surface area contributed by atoms with Crippen LogP contribution in [0.1, 0.15) is 44.0 Å². The van der Waals surface area contributed by atoms with Crippen LogP contribution in [0.15, 0.2) is 138 Å². The zero-order valence-corrected chi connectivity index (χ0v) is 29.0. The highest BCUT2D eigenvalue weighted by Gasteiger charge is 2.23. The lowest BCUT2D eigenvalue weighted by Crippen LogP contribution is -2.30. The molecule has 11 heteroatoms. The largest absolute Gasteiger partial charge is 0.462 e. The molecule has 1 atom stereocenters. The second-order valence-electron chi connectivity index (χ2n) is 10.7. The van der Waals surface area contributed by atoms with E-state index in [1.54, 1.807) is 97.9 Å². The van der Waals surface area contributed by atoms with Gasteiger partial charge < -0.3 is 20.7 Å². The predicted molar refractivity (Wildman–Crippen MR) is 199 cm³/mol. The van der Waals surface area contributed by atoms with Crippen molar-refractivity contribution in [3.8, 4) is 0 Å². The number of esters is 1. The minimum Gasteiger partial charge on any atom is -0.462 e. The molecule has 0 heterocycles. The third-order valence-electron chi connectivity index (χ3n) is 7.17. The van der Waals surface area contributed by atoms with Crippen molar-refractivity contribution in [3.05, 3.63) is 165 Å². The van der Waals surface area contributed by atoms with Gasteiger partial charge in [0, 0.05) is 37.4 Å². The summed E-state index contributed by atoms with van der Waals surface area (Å²) in [4.78, 5) is 53.2. The molecule has 5 rings (SSSR count). The van der Waals surface area contributed by atoms with Gasteiger partial charge in [0.25, 0.3) is 11.8 Å². The summed E-state index contributed by atoms with van der Waals surface area (Å²) in [6.07, 6.45) is 1.43. The molecule has 0 aromatic heterocycles. The van der Waals surface area contributed by atoms with Gasteiger partial charge in [0.1, 0.15) is 10.9 Å². The number of amides is 3. The van der Waals surface area contributed by atoms with Gasteiger partial charge in [-0.2, -0.15) is 0 Å². The Kier molecular flexibility index (Phi) is 12.5. The van der Waals surface area contributed by atoms with Gasteiger partial charge in [-0.1, -0.05) is 83.9 Å². The van der Waals surface area contributed by atoms with E-state index in [1.807, 2.05) is 36.4 Å². The van der Waals surface area contributed by atoms with Crippen LogP contribution in [0.2, 0.25) is 10.0 Å². The van der Waals surface area contributed by atoms with Crippen molar-refractivity contribution >= 4 is 76.1 Å². The summed E-state index contributed by atoms with van der Waals surface area (Å²) < 4.78 is 5.04. The van der Waals surface area contributed by atoms with Gasteiger partial charge in [-0.3, -0.25) is 14.4 Å². The molecule has 0 fully saturated rings. The molecule has 0 aliphatic rings. The normalized spacial score (nSPS) is 11.6. The molecule has 0 saturated carbocycles. The molecule has 5 aromatic rings. The van der Waals surface area contributed by atoms with E-state index in [1.165, 1.54) is 17.8 Å². The average molecular weight is 725 g/mol. The van der Waals surface area contributed by atoms with Gasteiger partial charge in [-0.05, 0) is 85.3 Å². The Hall–Kier alpha value is -5.35. The maximum atomic E-state index is 13.7. The zero-order chi connectivity index (χ0) is 35.5. The SMILES string of the molecule is CCOC(=O)c1ccc(NC(=O)C(Sc2cccc(NC(=O)/C(=C\c3c(Cl)cccc3Cl)NC(=O)c3ccccc3)c2)c2ccccc2)cc1. The number of hydrogen-bond donors (Lipinski definition) is 3. The Bertz CT molecular complexity index is 2000. The van der Waals surface area contributed by atoms with E-state index in [9.17, 15) is 19.2 Å². The highest BCUT2D eigenvalue weighted by molar-refractivity contribution is 8.00. The second kappa shape index (κ2) is 17.3. The van der Waals surface area contributed by atoms with E-state index in [0.717, 1.165) is 5.56 Å². The summed E-state index contributed by atoms with van der Waals surface area (Å²) >= 11 is 14.1. The monoisotopic (exact) mass is 723 g/mol. The smallest absolute Gasteiger partial charge is 0.338 e. The van der Waals surface area contributed by atoms with E-state index in [4.69, 9.17) is 27.9 Å². The topological polar surface area (TPSA) is 114 Å². The minimum atomic E-state index is -0.671. The Labute approximate surface area is 303 Å². The number of nitrogens with one attached hydrogen (secondary N) is 3. The molecular formula is C39H31Cl2N3O5S. The molecule has 3 N–H and O–H groups in total. The van der Waals surface area contributed by atoms with Crippen LogP contribution in [0.3, 0.4) is 0 Å². The molecule has 50 heavy (non-hydrogen) atoms. The molecule has 0 aliphatic heterocycles. The molecule has 0 aliphatic carbocycles. The number of anilines is 2. The van der Waals surface area contributed by atoms with Crippen LogP contribution in [0.4, 0.5) is 11.4 Å². The fourth-order valence-corrected chi connectivity index (χ4v) is 6.32. The molecule has 0 bridgehead atoms. The number of hydrogen-bond acceptors (Lipinski definition) is 6. The van der Waals surface area contributed by atoms with Crippen molar-refractivity contribution in [3.63, 3.8) is 0 Å². The summed E-state index contributed by atoms with van der Waals surface area (Å²) in [5.74, 6) is -1.84. The quantitative estimate of drug-likeness (QED) is 0.0673. The molecule has 0 radical (unpaired) electrons. The molecule has 0 saturated heterocycles. The molecule has 3 amide bonds. The first kappa shape index (κ1) is 35.9. The summed E-state index contributed by atoms with van der Waals surface area (Å²) in [6, 6.07) is 36.2. The van der Waals surface area contributed by atoms with Gasteiger partial charge in [0.15, 0.2) is 0 Å². The van der Waals surface area contributed by atoms with Gasteiger partial charge in [0.05, 0.1) is 12.2 Å². The highest BCUT2D eigenvalue weighted by Crippen LogP contribution is 2.37. The first-order valence-corrected chi connectivity index (χ1v) is 17.1. The minimum absolute atomic E-state index is 0.0811. The average Bonchev–Trinajstić information content (AvgIpc) is 3.13. The molecule has 5 aromatic carbocycles. The maximum Gasteiger partial charge on any atom is 0.338 e. The summed E-state index contributed by atoms with van der Waals surface area (Å²) in [6.45, 7) is 2.00. The number of ether oxygens (including phenoxy) is 1. The van der Waals surface area contributed by atoms with Crippen LogP contribution in [0.5, 0.6) is 0 Å². The Balaban J connectivity index is 1.37. The Morgan fingerprint density at radius 1 is 0.720 bits per heavy atom. The van der Waals surface area contributed by atoms with Crippen molar-refractivity contribution < 1.29 is 23.9 Å². The molecule has 0 spiro atoms. The van der Waals surface area contributed by atoms with Crippen molar-refractivity contribution in [2.24, 2.45) is 0 Å². The fourth-order valence-electron chi connectivity index (χ4n) is 4.73. The molecule has 1 unspecified atom stereocenters. The predicted octanol–water partition coefficient (Wildman–Crippen LogP) is 9.05. The van der Waals surface area contributed by atoms with Crippen molar-refractivity contribution in [2.45, 2.75) is 17.1 Å². The Morgan fingerprint density at radius 2 is 1.36 bits per heavy atom. The molecule has 8 nitrogen and oxygen atoms in total. The lowest BCUT2D eigenvalue weighted by Gasteiger charge is -2.18. The van der Waals surface area contributed by atoms with Crippen LogP contribution >= 0.6 is 35.0 Å². The number of benzene rings is 5. The van der Waals surface area contributed by atoms with Crippen LogP contribution in [0.25, 0.3) is 6.08 Å². The third kappa shape index (κ3) is 9.63. The molecule has 252 valence electrons. The summed E-state index contributed by atoms with van der Waals surface area (Å²) in [5.41, 5.74) is 2.72. The summed E-state index contributed by atoms with van der Waals surface area (Å²) in [5, 5.41) is 8.40. The number of thioether (sulfide) groups is 1. The van der Waals surface area contributed by atoms with E-state index in [-0.39, 0.29) is 18.2 Å². The molecular weight excluding hydrogens is 693 g/mol. The van der Waals surface area contributed by atoms with Crippen LogP contribution in [0, 0.1) is 0 Å². The van der Waals surface area contributed by atoms with E-state index in [0.29, 0.717) is 43.0 Å². The highest BCUT2D eigenvalue weighted by atomic mass is 35.5. The number of carbonyl (C=O) groups is 4. The van der Waals surface area contributed by atoms with Crippen LogP contribution in [-0.2, 0) is 14.3 Å². The van der Waals surface area contributed by atoms with Crippen LogP contribution < -0.4 is 16.0 Å². The lowest BCUT2D eigenvalue weighted by atomic mass is 10.1. The van der Waals surface area contributed by atoms with Gasteiger partial charge >= 0.3 is 5.97 Å². The lowest BCUT2D eigenvalue weighted by molar-refractivity contribution is -0.116. The fraction of sp³-hybridized carbons (Fsp3) is 0.0769. The first-order valence-electron chi connectivity index (χ1n) is 15.4. The third-order valence-corrected chi connectivity index (χ3v) is 9.07. The standard InChI is InChI=1S/C39H31Cl2N3O5S/c1-2-49-39(48)27-19-21-28(22-20-27)42-38(47)35(25-11-5-3-6-12-25)50-30-16-9-15-29(23-30)43-37(46)34(24-31-32(40)17-10-18-33(31)41)44-36(45)26-13-7-4-8-14-26/h3-24,35H,2H2,1H3,(H,42,47)(H,43,46)(H,44,45)/b34-24+. The van der Waals surface area contributed by atoms with Crippen LogP contribution in [-0.4, -0.2) is 30.3 Å². The number of rotatable bonds is 12. The van der Waals surface area contributed by atoms with Gasteiger partial charge in [0.2, 0.25) is 5.91 Å². The van der Waals surface area contributed by atoms with E-state index < -0.39 is 23.0 Å². The van der Waals surface area contributed by atoms with Crippen molar-refractivity contribution in [2.75, 3.05) is 17.2 Å². The summed E-state index contributed by atoms with van der Waals surface area (Å²) in [7, 11) is 0.